The third kappa shape index (κ3) is 5.46. The maximum absolute atomic E-state index is 12.7. The predicted octanol–water partition coefficient (Wildman–Crippen LogP) is 3.72. The van der Waals surface area contributed by atoms with Crippen LogP contribution in [0, 0.1) is 10.1 Å². The summed E-state index contributed by atoms with van der Waals surface area (Å²) >= 11 is 5.27. The highest BCUT2D eigenvalue weighted by molar-refractivity contribution is 7.90. The average molecular weight is 441 g/mol. The molecule has 0 atom stereocenters. The average Bonchev–Trinajstić information content (AvgIpc) is 2.75. The van der Waals surface area contributed by atoms with Gasteiger partial charge in [-0.2, -0.15) is 8.42 Å². The molecule has 2 N–H and O–H groups in total. The van der Waals surface area contributed by atoms with Gasteiger partial charge in [0.2, 0.25) is 0 Å². The topological polar surface area (TPSA) is 114 Å². The second kappa shape index (κ2) is 9.25. The van der Waals surface area contributed by atoms with E-state index in [0.717, 1.165) is 0 Å². The molecule has 10 heteroatoms. The fourth-order valence-corrected chi connectivity index (χ4v) is 3.66. The summed E-state index contributed by atoms with van der Waals surface area (Å²) in [7, 11) is -3.98. The minimum absolute atomic E-state index is 0.0406. The van der Waals surface area contributed by atoms with Crippen LogP contribution >= 0.6 is 12.2 Å². The third-order valence-electron chi connectivity index (χ3n) is 3.87. The van der Waals surface area contributed by atoms with Gasteiger partial charge in [0, 0.05) is 23.4 Å². The van der Waals surface area contributed by atoms with Crippen LogP contribution in [0.1, 0.15) is 5.56 Å². The number of rotatable bonds is 5. The molecule has 0 unspecified atom stereocenters. The van der Waals surface area contributed by atoms with Gasteiger partial charge in [0.25, 0.3) is 15.7 Å². The lowest BCUT2D eigenvalue weighted by Crippen LogP contribution is -2.35. The number of hydrogen-bond donors (Lipinski definition) is 2. The molecular weight excluding hydrogens is 424 g/mol. The van der Waals surface area contributed by atoms with Gasteiger partial charge >= 0.3 is 0 Å². The van der Waals surface area contributed by atoms with E-state index in [-0.39, 0.29) is 21.5 Å². The minimum Gasteiger partial charge on any atom is -0.332 e. The second-order valence-electron chi connectivity index (χ2n) is 5.98. The molecule has 3 rings (SSSR count). The van der Waals surface area contributed by atoms with E-state index >= 15 is 0 Å². The molecule has 0 radical (unpaired) electrons. The number of thiocarbonyl (C=S) groups is 1. The van der Waals surface area contributed by atoms with Gasteiger partial charge in [0.1, 0.15) is 0 Å². The molecule has 0 aliphatic carbocycles. The summed E-state index contributed by atoms with van der Waals surface area (Å²) in [5.74, 6) is 0.0406. The summed E-state index contributed by atoms with van der Waals surface area (Å²) < 4.78 is 29.3. The maximum Gasteiger partial charge on any atom is 0.284 e. The molecule has 0 aliphatic rings. The lowest BCUT2D eigenvalue weighted by atomic mass is 10.2. The Labute approximate surface area is 178 Å². The highest BCUT2D eigenvalue weighted by atomic mass is 32.2. The summed E-state index contributed by atoms with van der Waals surface area (Å²) in [6, 6.07) is 22.2. The first-order valence-corrected chi connectivity index (χ1v) is 10.5. The first-order valence-electron chi connectivity index (χ1n) is 8.63. The van der Waals surface area contributed by atoms with Crippen LogP contribution in [0.4, 0.5) is 11.4 Å². The number of nitro groups is 1. The Morgan fingerprint density at radius 3 is 2.03 bits per heavy atom. The number of hydrogen-bond acceptors (Lipinski definition) is 5. The summed E-state index contributed by atoms with van der Waals surface area (Å²) in [6.45, 7) is 0. The van der Waals surface area contributed by atoms with E-state index < -0.39 is 14.9 Å². The number of nitrogens with one attached hydrogen (secondary N) is 2. The van der Waals surface area contributed by atoms with Crippen molar-refractivity contribution in [2.45, 2.75) is 4.90 Å². The van der Waals surface area contributed by atoms with Crippen molar-refractivity contribution >= 4 is 44.6 Å². The van der Waals surface area contributed by atoms with Crippen LogP contribution < -0.4 is 10.6 Å². The number of anilines is 1. The molecular formula is C20H16N4O4S2. The standard InChI is InChI=1S/C20H16N4O4S2/c25-24(26)17-13-11-16(12-14-17)21-20(29)22-19(15-7-3-1-4-8-15)23-30(27,28)18-9-5-2-6-10-18/h1-14H,(H2,21,22,23,29). The largest absolute Gasteiger partial charge is 0.332 e. The molecule has 152 valence electrons. The second-order valence-corrected chi connectivity index (χ2v) is 7.99. The molecule has 0 saturated carbocycles. The van der Waals surface area contributed by atoms with Gasteiger partial charge in [0.15, 0.2) is 10.9 Å². The molecule has 0 aromatic heterocycles. The fourth-order valence-electron chi connectivity index (χ4n) is 2.45. The first-order chi connectivity index (χ1) is 14.3. The van der Waals surface area contributed by atoms with E-state index in [0.29, 0.717) is 11.3 Å². The number of sulfonamides is 1. The van der Waals surface area contributed by atoms with Gasteiger partial charge in [-0.3, -0.25) is 10.1 Å². The Bertz CT molecular complexity index is 1180. The molecule has 8 nitrogen and oxygen atoms in total. The van der Waals surface area contributed by atoms with Crippen LogP contribution in [0.5, 0.6) is 0 Å². The highest BCUT2D eigenvalue weighted by Gasteiger charge is 2.16. The number of benzene rings is 3. The molecule has 0 saturated heterocycles. The summed E-state index contributed by atoms with van der Waals surface area (Å²) in [5.41, 5.74) is 0.959. The minimum atomic E-state index is -3.98. The van der Waals surface area contributed by atoms with Crippen LogP contribution in [-0.4, -0.2) is 24.3 Å². The predicted molar refractivity (Wildman–Crippen MR) is 119 cm³/mol. The summed E-state index contributed by atoms with van der Waals surface area (Å²) in [5, 5.41) is 16.5. The Morgan fingerprint density at radius 1 is 0.900 bits per heavy atom. The number of non-ortho nitro benzene ring substituents is 1. The van der Waals surface area contributed by atoms with Crippen molar-refractivity contribution in [3.05, 3.63) is 101 Å². The van der Waals surface area contributed by atoms with Gasteiger partial charge in [0.05, 0.1) is 9.82 Å². The SMILES string of the molecule is O=[N+]([O-])c1ccc(NC(=S)N/C(=N/S(=O)(=O)c2ccccc2)c2ccccc2)cc1. The number of nitrogens with zero attached hydrogens (tertiary/aromatic N) is 2. The molecule has 0 aliphatic heterocycles. The molecule has 0 amide bonds. The van der Waals surface area contributed by atoms with Crippen LogP contribution in [0.2, 0.25) is 0 Å². The van der Waals surface area contributed by atoms with Crippen molar-refractivity contribution in [3.8, 4) is 0 Å². The van der Waals surface area contributed by atoms with Crippen LogP contribution in [0.3, 0.4) is 0 Å². The van der Waals surface area contributed by atoms with Crippen molar-refractivity contribution in [1.82, 2.24) is 5.32 Å². The molecule has 30 heavy (non-hydrogen) atoms. The van der Waals surface area contributed by atoms with Crippen LogP contribution in [0.25, 0.3) is 0 Å². The monoisotopic (exact) mass is 440 g/mol. The van der Waals surface area contributed by atoms with Gasteiger partial charge < -0.3 is 10.6 Å². The van der Waals surface area contributed by atoms with E-state index in [4.69, 9.17) is 12.2 Å². The summed E-state index contributed by atoms with van der Waals surface area (Å²) in [4.78, 5) is 10.3. The Balaban J connectivity index is 1.86. The quantitative estimate of drug-likeness (QED) is 0.204. The van der Waals surface area contributed by atoms with Crippen molar-refractivity contribution < 1.29 is 13.3 Å². The maximum atomic E-state index is 12.7. The Kier molecular flexibility index (Phi) is 6.50. The zero-order chi connectivity index (χ0) is 21.6. The Morgan fingerprint density at radius 2 is 1.47 bits per heavy atom. The van der Waals surface area contributed by atoms with Gasteiger partial charge in [-0.05, 0) is 36.5 Å². The molecule has 0 heterocycles. The number of nitro benzene ring substituents is 1. The zero-order valence-corrected chi connectivity index (χ0v) is 17.1. The number of amidine groups is 1. The molecule has 3 aromatic carbocycles. The smallest absolute Gasteiger partial charge is 0.284 e. The fraction of sp³-hybridized carbons (Fsp3) is 0. The molecule has 3 aromatic rings. The van der Waals surface area contributed by atoms with E-state index in [1.165, 1.54) is 36.4 Å². The van der Waals surface area contributed by atoms with E-state index in [1.54, 1.807) is 48.5 Å². The zero-order valence-electron chi connectivity index (χ0n) is 15.4. The van der Waals surface area contributed by atoms with Crippen molar-refractivity contribution in [2.24, 2.45) is 4.40 Å². The summed E-state index contributed by atoms with van der Waals surface area (Å²) in [6.07, 6.45) is 0. The van der Waals surface area contributed by atoms with Gasteiger partial charge in [-0.25, -0.2) is 0 Å². The molecule has 0 fully saturated rings. The van der Waals surface area contributed by atoms with E-state index in [1.807, 2.05) is 0 Å². The van der Waals surface area contributed by atoms with Crippen molar-refractivity contribution in [1.29, 1.82) is 0 Å². The Hall–Kier alpha value is -3.63. The molecule has 0 spiro atoms. The lowest BCUT2D eigenvalue weighted by molar-refractivity contribution is -0.384. The third-order valence-corrected chi connectivity index (χ3v) is 5.36. The van der Waals surface area contributed by atoms with Crippen molar-refractivity contribution in [2.75, 3.05) is 5.32 Å². The van der Waals surface area contributed by atoms with Gasteiger partial charge in [-0.1, -0.05) is 48.5 Å². The van der Waals surface area contributed by atoms with Gasteiger partial charge in [-0.15, -0.1) is 4.40 Å². The van der Waals surface area contributed by atoms with Crippen LogP contribution in [0.15, 0.2) is 94.2 Å². The normalized spacial score (nSPS) is 11.5. The first kappa shape index (κ1) is 21.1. The van der Waals surface area contributed by atoms with E-state index in [2.05, 4.69) is 15.0 Å². The van der Waals surface area contributed by atoms with Crippen LogP contribution in [-0.2, 0) is 10.0 Å². The lowest BCUT2D eigenvalue weighted by Gasteiger charge is -2.13. The van der Waals surface area contributed by atoms with Crippen molar-refractivity contribution in [3.63, 3.8) is 0 Å². The molecule has 0 bridgehead atoms. The van der Waals surface area contributed by atoms with E-state index in [9.17, 15) is 18.5 Å². The highest BCUT2D eigenvalue weighted by Crippen LogP contribution is 2.16.